The van der Waals surface area contributed by atoms with E-state index in [1.807, 2.05) is 0 Å². The summed E-state index contributed by atoms with van der Waals surface area (Å²) >= 11 is 0. The Morgan fingerprint density at radius 2 is 2.38 bits per heavy atom. The Kier molecular flexibility index (Phi) is 2.32. The topological polar surface area (TPSA) is 55.1 Å². The number of aromatic carboxylic acids is 1. The molecule has 0 aliphatic rings. The lowest BCUT2D eigenvalue weighted by molar-refractivity contribution is 0.0689. The molecule has 0 aromatic carbocycles. The Balaban J connectivity index is 3.17. The van der Waals surface area contributed by atoms with Crippen molar-refractivity contribution in [1.29, 1.82) is 0 Å². The molecule has 68 valence electrons. The zero-order valence-corrected chi connectivity index (χ0v) is 7.32. The smallest absolute Gasteiger partial charge is 0.356 e. The van der Waals surface area contributed by atoms with E-state index in [9.17, 15) is 4.79 Å². The number of carboxylic acid groups (broad SMARTS) is 1. The van der Waals surface area contributed by atoms with Gasteiger partial charge in [-0.2, -0.15) is 5.10 Å². The van der Waals surface area contributed by atoms with E-state index in [-0.39, 0.29) is 5.69 Å². The Hall–Kier alpha value is -1.84. The summed E-state index contributed by atoms with van der Waals surface area (Å²) in [7, 11) is 1.66. The van der Waals surface area contributed by atoms with Gasteiger partial charge in [0.2, 0.25) is 0 Å². The van der Waals surface area contributed by atoms with Crippen LogP contribution in [-0.2, 0) is 7.05 Å². The number of aryl methyl sites for hydroxylation is 1. The molecule has 4 heteroatoms. The average molecular weight is 178 g/mol. The molecule has 0 radical (unpaired) electrons. The minimum Gasteiger partial charge on any atom is -0.476 e. The van der Waals surface area contributed by atoms with Gasteiger partial charge in [-0.1, -0.05) is 19.2 Å². The van der Waals surface area contributed by atoms with Crippen LogP contribution in [0.1, 0.15) is 16.2 Å². The van der Waals surface area contributed by atoms with Crippen molar-refractivity contribution in [3.05, 3.63) is 36.7 Å². The number of carbonyl (C=O) groups is 1. The van der Waals surface area contributed by atoms with Crippen molar-refractivity contribution in [1.82, 2.24) is 9.78 Å². The zero-order chi connectivity index (χ0) is 10.0. The largest absolute Gasteiger partial charge is 0.476 e. The third-order valence-corrected chi connectivity index (χ3v) is 1.67. The number of allylic oxidation sites excluding steroid dienone is 2. The van der Waals surface area contributed by atoms with Crippen LogP contribution in [0.4, 0.5) is 0 Å². The highest BCUT2D eigenvalue weighted by Crippen LogP contribution is 2.13. The van der Waals surface area contributed by atoms with Gasteiger partial charge in [-0.25, -0.2) is 4.79 Å². The van der Waals surface area contributed by atoms with Crippen LogP contribution in [0.25, 0.3) is 5.57 Å². The molecule has 0 aliphatic heterocycles. The minimum atomic E-state index is -1.04. The van der Waals surface area contributed by atoms with Crippen LogP contribution in [0, 0.1) is 0 Å². The summed E-state index contributed by atoms with van der Waals surface area (Å²) < 4.78 is 1.47. The predicted octanol–water partition coefficient (Wildman–Crippen LogP) is 1.32. The van der Waals surface area contributed by atoms with E-state index < -0.39 is 5.97 Å². The van der Waals surface area contributed by atoms with E-state index in [2.05, 4.69) is 18.3 Å². The summed E-state index contributed by atoms with van der Waals surface area (Å²) in [5.74, 6) is -1.04. The van der Waals surface area contributed by atoms with Crippen molar-refractivity contribution < 1.29 is 9.90 Å². The molecule has 0 fully saturated rings. The van der Waals surface area contributed by atoms with Crippen LogP contribution < -0.4 is 0 Å². The zero-order valence-electron chi connectivity index (χ0n) is 7.32. The van der Waals surface area contributed by atoms with Crippen molar-refractivity contribution >= 4 is 11.5 Å². The lowest BCUT2D eigenvalue weighted by atomic mass is 10.2. The molecule has 0 unspecified atom stereocenters. The van der Waals surface area contributed by atoms with E-state index in [1.165, 1.54) is 10.7 Å². The summed E-state index contributed by atoms with van der Waals surface area (Å²) in [6.07, 6.45) is 1.56. The second-order valence-electron chi connectivity index (χ2n) is 2.57. The van der Waals surface area contributed by atoms with Gasteiger partial charge in [-0.15, -0.1) is 0 Å². The highest BCUT2D eigenvalue weighted by Gasteiger charge is 2.11. The van der Waals surface area contributed by atoms with E-state index >= 15 is 0 Å². The first-order valence-corrected chi connectivity index (χ1v) is 3.65. The van der Waals surface area contributed by atoms with E-state index in [4.69, 9.17) is 5.11 Å². The first-order valence-electron chi connectivity index (χ1n) is 3.65. The Labute approximate surface area is 75.8 Å². The van der Waals surface area contributed by atoms with Crippen molar-refractivity contribution in [3.8, 4) is 0 Å². The summed E-state index contributed by atoms with van der Waals surface area (Å²) in [6.45, 7) is 7.25. The summed E-state index contributed by atoms with van der Waals surface area (Å²) in [4.78, 5) is 10.5. The average Bonchev–Trinajstić information content (AvgIpc) is 2.46. The summed E-state index contributed by atoms with van der Waals surface area (Å²) in [6, 6.07) is 1.46. The quantitative estimate of drug-likeness (QED) is 0.710. The van der Waals surface area contributed by atoms with Crippen LogP contribution in [-0.4, -0.2) is 20.9 Å². The predicted molar refractivity (Wildman–Crippen MR) is 49.4 cm³/mol. The first-order chi connectivity index (χ1) is 6.06. The highest BCUT2D eigenvalue weighted by atomic mass is 16.4. The maximum absolute atomic E-state index is 10.5. The fourth-order valence-corrected chi connectivity index (χ4v) is 0.977. The fraction of sp³-hybridized carbons (Fsp3) is 0.111. The molecule has 0 saturated heterocycles. The number of aromatic nitrogens is 2. The van der Waals surface area contributed by atoms with Crippen LogP contribution in [0.5, 0.6) is 0 Å². The molecule has 0 spiro atoms. The van der Waals surface area contributed by atoms with Crippen LogP contribution in [0.3, 0.4) is 0 Å². The van der Waals surface area contributed by atoms with Gasteiger partial charge >= 0.3 is 5.97 Å². The standard InChI is InChI=1S/C9H10N2O2/c1-4-6(2)8-5-7(9(12)13)10-11(8)3/h4-5H,1-2H2,3H3,(H,12,13). The molecule has 1 heterocycles. The summed E-state index contributed by atoms with van der Waals surface area (Å²) in [5, 5.41) is 12.4. The van der Waals surface area contributed by atoms with Crippen molar-refractivity contribution in [2.75, 3.05) is 0 Å². The van der Waals surface area contributed by atoms with Gasteiger partial charge in [0.05, 0.1) is 5.69 Å². The number of hydrogen-bond acceptors (Lipinski definition) is 2. The maximum Gasteiger partial charge on any atom is 0.356 e. The molecule has 1 N–H and O–H groups in total. The Morgan fingerprint density at radius 1 is 1.77 bits per heavy atom. The van der Waals surface area contributed by atoms with Gasteiger partial charge in [0.15, 0.2) is 5.69 Å². The SMILES string of the molecule is C=CC(=C)c1cc(C(=O)O)nn1C. The lowest BCUT2D eigenvalue weighted by Crippen LogP contribution is -1.99. The molecule has 0 amide bonds. The van der Waals surface area contributed by atoms with Crippen molar-refractivity contribution in [2.45, 2.75) is 0 Å². The van der Waals surface area contributed by atoms with Gasteiger partial charge in [-0.3, -0.25) is 4.68 Å². The molecule has 1 rings (SSSR count). The van der Waals surface area contributed by atoms with Gasteiger partial charge in [0.25, 0.3) is 0 Å². The first kappa shape index (κ1) is 9.25. The molecule has 13 heavy (non-hydrogen) atoms. The second-order valence-corrected chi connectivity index (χ2v) is 2.57. The third-order valence-electron chi connectivity index (χ3n) is 1.67. The molecular formula is C9H10N2O2. The fourth-order valence-electron chi connectivity index (χ4n) is 0.977. The highest BCUT2D eigenvalue weighted by molar-refractivity contribution is 5.87. The van der Waals surface area contributed by atoms with Gasteiger partial charge in [0, 0.05) is 7.05 Å². The van der Waals surface area contributed by atoms with Crippen LogP contribution >= 0.6 is 0 Å². The third kappa shape index (κ3) is 1.66. The molecule has 0 bridgehead atoms. The Morgan fingerprint density at radius 3 is 2.77 bits per heavy atom. The number of carboxylic acids is 1. The molecule has 0 aliphatic carbocycles. The maximum atomic E-state index is 10.5. The molecule has 0 atom stereocenters. The molecule has 1 aromatic heterocycles. The number of nitrogens with zero attached hydrogens (tertiary/aromatic N) is 2. The number of hydrogen-bond donors (Lipinski definition) is 1. The molecule has 4 nitrogen and oxygen atoms in total. The normalized spacial score (nSPS) is 9.62. The van der Waals surface area contributed by atoms with Gasteiger partial charge in [0.1, 0.15) is 0 Å². The lowest BCUT2D eigenvalue weighted by Gasteiger charge is -1.97. The summed E-state index contributed by atoms with van der Waals surface area (Å²) in [5.41, 5.74) is 1.33. The molecule has 0 saturated carbocycles. The van der Waals surface area contributed by atoms with Crippen LogP contribution in [0.15, 0.2) is 25.3 Å². The molecule has 1 aromatic rings. The van der Waals surface area contributed by atoms with Gasteiger partial charge < -0.3 is 5.11 Å². The number of rotatable bonds is 3. The van der Waals surface area contributed by atoms with E-state index in [0.29, 0.717) is 11.3 Å². The monoisotopic (exact) mass is 178 g/mol. The van der Waals surface area contributed by atoms with E-state index in [1.54, 1.807) is 13.1 Å². The molecular weight excluding hydrogens is 168 g/mol. The Bertz CT molecular complexity index is 377. The van der Waals surface area contributed by atoms with Gasteiger partial charge in [-0.05, 0) is 11.6 Å². The van der Waals surface area contributed by atoms with Crippen molar-refractivity contribution in [3.63, 3.8) is 0 Å². The minimum absolute atomic E-state index is 0.0144. The van der Waals surface area contributed by atoms with Crippen LogP contribution in [0.2, 0.25) is 0 Å². The second kappa shape index (κ2) is 3.26. The van der Waals surface area contributed by atoms with E-state index in [0.717, 1.165) is 0 Å². The van der Waals surface area contributed by atoms with Crippen molar-refractivity contribution in [2.24, 2.45) is 7.05 Å².